The van der Waals surface area contributed by atoms with Crippen LogP contribution in [0.1, 0.15) is 11.4 Å². The summed E-state index contributed by atoms with van der Waals surface area (Å²) < 4.78 is 1.88. The quantitative estimate of drug-likeness (QED) is 0.835. The van der Waals surface area contributed by atoms with E-state index in [1.54, 1.807) is 6.20 Å². The highest BCUT2D eigenvalue weighted by Crippen LogP contribution is 2.18. The summed E-state index contributed by atoms with van der Waals surface area (Å²) >= 11 is 0. The van der Waals surface area contributed by atoms with E-state index in [1.807, 2.05) is 37.8 Å². The van der Waals surface area contributed by atoms with Crippen molar-refractivity contribution in [3.8, 4) is 0 Å². The minimum atomic E-state index is 0.756. The second kappa shape index (κ2) is 5.48. The van der Waals surface area contributed by atoms with Crippen molar-refractivity contribution in [3.63, 3.8) is 0 Å². The highest BCUT2D eigenvalue weighted by Gasteiger charge is 2.07. The van der Waals surface area contributed by atoms with Crippen molar-refractivity contribution in [2.24, 2.45) is 0 Å². The summed E-state index contributed by atoms with van der Waals surface area (Å²) in [7, 11) is 1.86. The minimum Gasteiger partial charge on any atom is -0.373 e. The Morgan fingerprint density at radius 3 is 2.67 bits per heavy atom. The van der Waals surface area contributed by atoms with Gasteiger partial charge in [-0.3, -0.25) is 4.68 Å². The molecular formula is C12H18N6. The summed E-state index contributed by atoms with van der Waals surface area (Å²) in [6.45, 7) is 5.48. The Labute approximate surface area is 106 Å². The van der Waals surface area contributed by atoms with E-state index in [1.165, 1.54) is 0 Å². The Bertz CT molecular complexity index is 506. The molecule has 0 bridgehead atoms. The number of anilines is 2. The molecule has 0 amide bonds. The summed E-state index contributed by atoms with van der Waals surface area (Å²) in [6.07, 6.45) is 3.72. The molecule has 2 N–H and O–H groups in total. The van der Waals surface area contributed by atoms with Gasteiger partial charge < -0.3 is 10.6 Å². The Balaban J connectivity index is 2.02. The smallest absolute Gasteiger partial charge is 0.134 e. The molecule has 2 aromatic heterocycles. The van der Waals surface area contributed by atoms with Crippen LogP contribution in [0.5, 0.6) is 0 Å². The predicted molar refractivity (Wildman–Crippen MR) is 71.8 cm³/mol. The molecule has 0 spiro atoms. The summed E-state index contributed by atoms with van der Waals surface area (Å²) in [5, 5.41) is 10.5. The molecule has 2 rings (SSSR count). The zero-order chi connectivity index (χ0) is 13.0. The zero-order valence-corrected chi connectivity index (χ0v) is 10.9. The lowest BCUT2D eigenvalue weighted by Gasteiger charge is -2.12. The molecule has 6 heteroatoms. The molecule has 0 aliphatic carbocycles. The van der Waals surface area contributed by atoms with Crippen molar-refractivity contribution in [3.05, 3.63) is 29.8 Å². The van der Waals surface area contributed by atoms with Crippen LogP contribution in [0.4, 0.5) is 11.6 Å². The van der Waals surface area contributed by atoms with Gasteiger partial charge >= 0.3 is 0 Å². The topological polar surface area (TPSA) is 67.7 Å². The van der Waals surface area contributed by atoms with E-state index in [2.05, 4.69) is 25.7 Å². The largest absolute Gasteiger partial charge is 0.373 e. The minimum absolute atomic E-state index is 0.756. The van der Waals surface area contributed by atoms with Gasteiger partial charge in [-0.2, -0.15) is 5.10 Å². The van der Waals surface area contributed by atoms with Crippen LogP contribution < -0.4 is 10.6 Å². The van der Waals surface area contributed by atoms with E-state index in [0.717, 1.165) is 36.1 Å². The summed E-state index contributed by atoms with van der Waals surface area (Å²) in [6, 6.07) is 1.92. The van der Waals surface area contributed by atoms with E-state index >= 15 is 0 Å². The Hall–Kier alpha value is -2.11. The van der Waals surface area contributed by atoms with Crippen LogP contribution in [0.3, 0.4) is 0 Å². The predicted octanol–water partition coefficient (Wildman–Crippen LogP) is 1.44. The SMILES string of the molecule is CNc1nc(C)nc(NCCn2cccn2)c1C. The summed E-state index contributed by atoms with van der Waals surface area (Å²) in [5.74, 6) is 2.50. The van der Waals surface area contributed by atoms with E-state index in [4.69, 9.17) is 0 Å². The molecule has 0 aliphatic heterocycles. The standard InChI is InChI=1S/C12H18N6/c1-9-11(13-3)16-10(2)17-12(9)14-6-8-18-7-4-5-15-18/h4-5,7H,6,8H2,1-3H3,(H2,13,14,16,17). The summed E-state index contributed by atoms with van der Waals surface area (Å²) in [4.78, 5) is 8.74. The number of aryl methyl sites for hydroxylation is 1. The van der Waals surface area contributed by atoms with Crippen molar-refractivity contribution in [2.75, 3.05) is 24.2 Å². The van der Waals surface area contributed by atoms with Crippen LogP contribution in [0, 0.1) is 13.8 Å². The molecule has 96 valence electrons. The van der Waals surface area contributed by atoms with Crippen molar-refractivity contribution in [1.82, 2.24) is 19.7 Å². The Morgan fingerprint density at radius 2 is 2.00 bits per heavy atom. The molecule has 0 radical (unpaired) electrons. The fraction of sp³-hybridized carbons (Fsp3) is 0.417. The molecule has 2 aromatic rings. The first-order valence-corrected chi connectivity index (χ1v) is 5.95. The Kier molecular flexibility index (Phi) is 3.76. The van der Waals surface area contributed by atoms with E-state index in [9.17, 15) is 0 Å². The lowest BCUT2D eigenvalue weighted by Crippen LogP contribution is -2.14. The first-order chi connectivity index (χ1) is 8.70. The van der Waals surface area contributed by atoms with Crippen LogP contribution in [-0.4, -0.2) is 33.3 Å². The van der Waals surface area contributed by atoms with Crippen molar-refractivity contribution in [2.45, 2.75) is 20.4 Å². The molecule has 0 atom stereocenters. The zero-order valence-electron chi connectivity index (χ0n) is 10.9. The molecular weight excluding hydrogens is 228 g/mol. The Morgan fingerprint density at radius 1 is 1.22 bits per heavy atom. The van der Waals surface area contributed by atoms with Gasteiger partial charge in [0.15, 0.2) is 0 Å². The van der Waals surface area contributed by atoms with Gasteiger partial charge in [0.2, 0.25) is 0 Å². The van der Waals surface area contributed by atoms with E-state index in [-0.39, 0.29) is 0 Å². The first kappa shape index (κ1) is 12.3. The molecule has 0 saturated heterocycles. The van der Waals surface area contributed by atoms with Gasteiger partial charge in [0.25, 0.3) is 0 Å². The van der Waals surface area contributed by atoms with Crippen LogP contribution in [0.25, 0.3) is 0 Å². The molecule has 18 heavy (non-hydrogen) atoms. The van der Waals surface area contributed by atoms with Gasteiger partial charge in [-0.25, -0.2) is 9.97 Å². The maximum absolute atomic E-state index is 4.41. The molecule has 6 nitrogen and oxygen atoms in total. The second-order valence-electron chi connectivity index (χ2n) is 4.04. The molecule has 0 aliphatic rings. The van der Waals surface area contributed by atoms with E-state index < -0.39 is 0 Å². The summed E-state index contributed by atoms with van der Waals surface area (Å²) in [5.41, 5.74) is 1.03. The number of nitrogens with one attached hydrogen (secondary N) is 2. The highest BCUT2D eigenvalue weighted by molar-refractivity contribution is 5.56. The van der Waals surface area contributed by atoms with Gasteiger partial charge in [0, 0.05) is 31.5 Å². The van der Waals surface area contributed by atoms with Crippen molar-refractivity contribution >= 4 is 11.6 Å². The monoisotopic (exact) mass is 246 g/mol. The van der Waals surface area contributed by atoms with Crippen LogP contribution in [0.15, 0.2) is 18.5 Å². The maximum Gasteiger partial charge on any atom is 0.134 e. The van der Waals surface area contributed by atoms with Crippen LogP contribution in [0.2, 0.25) is 0 Å². The van der Waals surface area contributed by atoms with Gasteiger partial charge in [-0.1, -0.05) is 0 Å². The van der Waals surface area contributed by atoms with E-state index in [0.29, 0.717) is 0 Å². The van der Waals surface area contributed by atoms with Gasteiger partial charge in [-0.15, -0.1) is 0 Å². The third-order valence-electron chi connectivity index (χ3n) is 2.69. The first-order valence-electron chi connectivity index (χ1n) is 5.95. The van der Waals surface area contributed by atoms with Gasteiger partial charge in [0.1, 0.15) is 17.5 Å². The fourth-order valence-corrected chi connectivity index (χ4v) is 1.77. The third-order valence-corrected chi connectivity index (χ3v) is 2.69. The fourth-order valence-electron chi connectivity index (χ4n) is 1.77. The number of nitrogens with zero attached hydrogens (tertiary/aromatic N) is 4. The highest BCUT2D eigenvalue weighted by atomic mass is 15.3. The van der Waals surface area contributed by atoms with Crippen molar-refractivity contribution in [1.29, 1.82) is 0 Å². The van der Waals surface area contributed by atoms with Gasteiger partial charge in [0.05, 0.1) is 6.54 Å². The lowest BCUT2D eigenvalue weighted by atomic mass is 10.3. The average Bonchev–Trinajstić information content (AvgIpc) is 2.86. The van der Waals surface area contributed by atoms with Crippen molar-refractivity contribution < 1.29 is 0 Å². The third kappa shape index (κ3) is 2.77. The normalized spacial score (nSPS) is 10.4. The maximum atomic E-state index is 4.41. The molecule has 0 aromatic carbocycles. The number of rotatable bonds is 5. The average molecular weight is 246 g/mol. The lowest BCUT2D eigenvalue weighted by molar-refractivity contribution is 0.636. The molecule has 0 fully saturated rings. The van der Waals surface area contributed by atoms with Crippen LogP contribution >= 0.6 is 0 Å². The number of aromatic nitrogens is 4. The molecule has 0 unspecified atom stereocenters. The van der Waals surface area contributed by atoms with Gasteiger partial charge in [-0.05, 0) is 19.9 Å². The number of hydrogen-bond acceptors (Lipinski definition) is 5. The molecule has 0 saturated carbocycles. The second-order valence-corrected chi connectivity index (χ2v) is 4.04. The number of hydrogen-bond donors (Lipinski definition) is 2. The van der Waals surface area contributed by atoms with Crippen LogP contribution in [-0.2, 0) is 6.54 Å². The molecule has 2 heterocycles.